The Kier molecular flexibility index (Phi) is 5.35. The minimum absolute atomic E-state index is 0.209. The molecule has 0 radical (unpaired) electrons. The number of amides is 1. The first-order chi connectivity index (χ1) is 9.11. The molecular weight excluding hydrogens is 264 g/mol. The van der Waals surface area contributed by atoms with Crippen molar-refractivity contribution in [3.05, 3.63) is 0 Å². The van der Waals surface area contributed by atoms with Crippen molar-refractivity contribution in [3.63, 3.8) is 0 Å². The number of carbonyl (C=O) groups is 2. The SMILES string of the molecule is CC(C)(C)OC(=O)N1CCC(C(O)C(N)C(=O)O)CC1. The van der Waals surface area contributed by atoms with Gasteiger partial charge < -0.3 is 25.6 Å². The van der Waals surface area contributed by atoms with E-state index >= 15 is 0 Å². The summed E-state index contributed by atoms with van der Waals surface area (Å²) in [5, 5.41) is 18.7. The van der Waals surface area contributed by atoms with E-state index in [9.17, 15) is 14.7 Å². The molecule has 1 fully saturated rings. The van der Waals surface area contributed by atoms with Crippen molar-refractivity contribution in [1.82, 2.24) is 4.90 Å². The molecule has 1 aliphatic rings. The summed E-state index contributed by atoms with van der Waals surface area (Å²) in [5.41, 5.74) is 4.87. The number of carboxylic acid groups (broad SMARTS) is 1. The highest BCUT2D eigenvalue weighted by Crippen LogP contribution is 2.23. The molecule has 1 saturated heterocycles. The molecule has 7 heteroatoms. The van der Waals surface area contributed by atoms with Gasteiger partial charge in [-0.15, -0.1) is 0 Å². The topological polar surface area (TPSA) is 113 Å². The van der Waals surface area contributed by atoms with Crippen LogP contribution in [0.5, 0.6) is 0 Å². The Morgan fingerprint density at radius 2 is 1.80 bits per heavy atom. The number of carbonyl (C=O) groups excluding carboxylic acids is 1. The van der Waals surface area contributed by atoms with Crippen molar-refractivity contribution < 1.29 is 24.5 Å². The van der Waals surface area contributed by atoms with Crippen molar-refractivity contribution in [1.29, 1.82) is 0 Å². The molecule has 0 spiro atoms. The lowest BCUT2D eigenvalue weighted by Gasteiger charge is -2.35. The second kappa shape index (κ2) is 6.41. The van der Waals surface area contributed by atoms with E-state index in [1.165, 1.54) is 0 Å². The summed E-state index contributed by atoms with van der Waals surface area (Å²) < 4.78 is 5.26. The van der Waals surface area contributed by atoms with Crippen LogP contribution in [-0.2, 0) is 9.53 Å². The van der Waals surface area contributed by atoms with Crippen LogP contribution in [0.25, 0.3) is 0 Å². The molecule has 116 valence electrons. The summed E-state index contributed by atoms with van der Waals surface area (Å²) >= 11 is 0. The number of nitrogens with zero attached hydrogens (tertiary/aromatic N) is 1. The molecule has 2 unspecified atom stereocenters. The summed E-state index contributed by atoms with van der Waals surface area (Å²) in [7, 11) is 0. The fourth-order valence-electron chi connectivity index (χ4n) is 2.19. The maximum atomic E-state index is 11.9. The van der Waals surface area contributed by atoms with E-state index in [-0.39, 0.29) is 12.0 Å². The minimum atomic E-state index is -1.28. The molecule has 0 bridgehead atoms. The first-order valence-corrected chi connectivity index (χ1v) is 6.76. The minimum Gasteiger partial charge on any atom is -0.480 e. The molecular formula is C13H24N2O5. The zero-order chi connectivity index (χ0) is 15.5. The van der Waals surface area contributed by atoms with Crippen LogP contribution in [0.1, 0.15) is 33.6 Å². The van der Waals surface area contributed by atoms with Crippen LogP contribution < -0.4 is 5.73 Å². The maximum Gasteiger partial charge on any atom is 0.410 e. The summed E-state index contributed by atoms with van der Waals surface area (Å²) in [6.45, 7) is 6.26. The van der Waals surface area contributed by atoms with Crippen LogP contribution in [0.2, 0.25) is 0 Å². The third-order valence-corrected chi connectivity index (χ3v) is 3.33. The highest BCUT2D eigenvalue weighted by Gasteiger charge is 2.34. The third kappa shape index (κ3) is 4.64. The molecule has 0 saturated carbocycles. The number of hydrogen-bond donors (Lipinski definition) is 3. The van der Waals surface area contributed by atoms with Crippen molar-refractivity contribution in [2.24, 2.45) is 11.7 Å². The van der Waals surface area contributed by atoms with Crippen LogP contribution >= 0.6 is 0 Å². The summed E-state index contributed by atoms with van der Waals surface area (Å²) in [6.07, 6.45) is -0.441. The van der Waals surface area contributed by atoms with E-state index in [4.69, 9.17) is 15.6 Å². The van der Waals surface area contributed by atoms with E-state index in [0.717, 1.165) is 0 Å². The van der Waals surface area contributed by atoms with Gasteiger partial charge in [0.25, 0.3) is 0 Å². The van der Waals surface area contributed by atoms with Crippen molar-refractivity contribution in [2.75, 3.05) is 13.1 Å². The van der Waals surface area contributed by atoms with Crippen LogP contribution in [0.4, 0.5) is 4.79 Å². The van der Waals surface area contributed by atoms with Crippen LogP contribution in [-0.4, -0.2) is 58.0 Å². The van der Waals surface area contributed by atoms with Gasteiger partial charge in [0.05, 0.1) is 6.10 Å². The van der Waals surface area contributed by atoms with Gasteiger partial charge >= 0.3 is 12.1 Å². The molecule has 2 atom stereocenters. The molecule has 1 aliphatic heterocycles. The van der Waals surface area contributed by atoms with Crippen molar-refractivity contribution in [3.8, 4) is 0 Å². The Bertz CT molecular complexity index is 358. The molecule has 0 aromatic rings. The Morgan fingerprint density at radius 1 is 1.30 bits per heavy atom. The van der Waals surface area contributed by atoms with Gasteiger partial charge in [0.1, 0.15) is 11.6 Å². The van der Waals surface area contributed by atoms with Crippen LogP contribution in [0.3, 0.4) is 0 Å². The first kappa shape index (κ1) is 16.7. The average molecular weight is 288 g/mol. The summed E-state index contributed by atoms with van der Waals surface area (Å²) in [5.74, 6) is -1.42. The van der Waals surface area contributed by atoms with Gasteiger partial charge in [-0.05, 0) is 39.5 Å². The number of likely N-dealkylation sites (tertiary alicyclic amines) is 1. The zero-order valence-electron chi connectivity index (χ0n) is 12.2. The van der Waals surface area contributed by atoms with Crippen LogP contribution in [0.15, 0.2) is 0 Å². The fourth-order valence-corrected chi connectivity index (χ4v) is 2.19. The predicted molar refractivity (Wildman–Crippen MR) is 72.1 cm³/mol. The number of ether oxygens (including phenoxy) is 1. The molecule has 7 nitrogen and oxygen atoms in total. The van der Waals surface area contributed by atoms with Crippen molar-refractivity contribution in [2.45, 2.75) is 51.4 Å². The second-order valence-electron chi connectivity index (χ2n) is 6.16. The van der Waals surface area contributed by atoms with Gasteiger partial charge in [0.2, 0.25) is 0 Å². The maximum absolute atomic E-state index is 11.9. The Hall–Kier alpha value is -1.34. The lowest BCUT2D eigenvalue weighted by Crippen LogP contribution is -2.50. The van der Waals surface area contributed by atoms with E-state index in [2.05, 4.69) is 0 Å². The van der Waals surface area contributed by atoms with Crippen molar-refractivity contribution >= 4 is 12.1 Å². The number of carboxylic acids is 1. The standard InChI is InChI=1S/C13H24N2O5/c1-13(2,3)20-12(19)15-6-4-8(5-7-15)10(16)9(14)11(17)18/h8-10,16H,4-7,14H2,1-3H3,(H,17,18). The summed E-state index contributed by atoms with van der Waals surface area (Å²) in [6, 6.07) is -1.28. The van der Waals surface area contributed by atoms with Gasteiger partial charge in [-0.3, -0.25) is 4.79 Å². The first-order valence-electron chi connectivity index (χ1n) is 6.76. The zero-order valence-corrected chi connectivity index (χ0v) is 12.2. The highest BCUT2D eigenvalue weighted by molar-refractivity contribution is 5.74. The Balaban J connectivity index is 2.47. The number of piperidine rings is 1. The van der Waals surface area contributed by atoms with Gasteiger partial charge in [-0.1, -0.05) is 0 Å². The van der Waals surface area contributed by atoms with E-state index in [1.807, 2.05) is 0 Å². The molecule has 0 aliphatic carbocycles. The van der Waals surface area contributed by atoms with Crippen LogP contribution in [0, 0.1) is 5.92 Å². The fraction of sp³-hybridized carbons (Fsp3) is 0.846. The quantitative estimate of drug-likeness (QED) is 0.693. The second-order valence-corrected chi connectivity index (χ2v) is 6.16. The van der Waals surface area contributed by atoms with Gasteiger partial charge in [-0.2, -0.15) is 0 Å². The normalized spacial score (nSPS) is 20.4. The molecule has 1 rings (SSSR count). The third-order valence-electron chi connectivity index (χ3n) is 3.33. The number of aliphatic hydroxyl groups is 1. The van der Waals surface area contributed by atoms with Gasteiger partial charge in [0, 0.05) is 13.1 Å². The number of aliphatic hydroxyl groups excluding tert-OH is 1. The Morgan fingerprint density at radius 3 is 2.20 bits per heavy atom. The number of rotatable bonds is 3. The number of aliphatic carboxylic acids is 1. The average Bonchev–Trinajstić information content (AvgIpc) is 2.35. The molecule has 20 heavy (non-hydrogen) atoms. The number of nitrogens with two attached hydrogens (primary N) is 1. The van der Waals surface area contributed by atoms with Gasteiger partial charge in [0.15, 0.2) is 0 Å². The lowest BCUT2D eigenvalue weighted by molar-refractivity contribution is -0.142. The molecule has 0 aromatic carbocycles. The molecule has 1 amide bonds. The highest BCUT2D eigenvalue weighted by atomic mass is 16.6. The predicted octanol–water partition coefficient (Wildman–Crippen LogP) is 0.406. The van der Waals surface area contributed by atoms with E-state index < -0.39 is 23.7 Å². The smallest absolute Gasteiger partial charge is 0.410 e. The molecule has 1 heterocycles. The largest absolute Gasteiger partial charge is 0.480 e. The van der Waals surface area contributed by atoms with Gasteiger partial charge in [-0.25, -0.2) is 4.79 Å². The van der Waals surface area contributed by atoms with E-state index in [0.29, 0.717) is 25.9 Å². The summed E-state index contributed by atoms with van der Waals surface area (Å²) in [4.78, 5) is 24.2. The molecule has 4 N–H and O–H groups in total. The number of hydrogen-bond acceptors (Lipinski definition) is 5. The van der Waals surface area contributed by atoms with E-state index in [1.54, 1.807) is 25.7 Å². The monoisotopic (exact) mass is 288 g/mol. The molecule has 0 aromatic heterocycles. The Labute approximate surface area is 118 Å². The lowest BCUT2D eigenvalue weighted by atomic mass is 9.88.